The number of amides is 1. The number of piperazine rings is 1. The predicted octanol–water partition coefficient (Wildman–Crippen LogP) is 2.76. The zero-order valence-corrected chi connectivity index (χ0v) is 16.9. The van der Waals surface area contributed by atoms with Gasteiger partial charge in [0.2, 0.25) is 0 Å². The minimum atomic E-state index is -1.33. The highest BCUT2D eigenvalue weighted by Crippen LogP contribution is 2.20. The van der Waals surface area contributed by atoms with Gasteiger partial charge in [-0.05, 0) is 42.5 Å². The molecule has 1 aliphatic heterocycles. The second-order valence-corrected chi connectivity index (χ2v) is 7.37. The van der Waals surface area contributed by atoms with E-state index < -0.39 is 29.1 Å². The molecule has 2 heterocycles. The van der Waals surface area contributed by atoms with Crippen molar-refractivity contribution in [2.45, 2.75) is 6.04 Å². The molecule has 0 spiro atoms. The van der Waals surface area contributed by atoms with Crippen LogP contribution in [0, 0.1) is 5.82 Å². The van der Waals surface area contributed by atoms with E-state index in [1.54, 1.807) is 17.0 Å². The number of nitrogens with zero attached hydrogens (tertiary/aromatic N) is 3. The van der Waals surface area contributed by atoms with Crippen LogP contribution in [0.1, 0.15) is 16.4 Å². The topological polar surface area (TPSA) is 62.6 Å². The number of carbonyl (C=O) groups is 2. The van der Waals surface area contributed by atoms with E-state index in [1.165, 1.54) is 36.5 Å². The maximum atomic E-state index is 13.4. The third-order valence-electron chi connectivity index (χ3n) is 5.45. The Morgan fingerprint density at radius 3 is 2.10 bits per heavy atom. The maximum absolute atomic E-state index is 13.4. The van der Waals surface area contributed by atoms with Crippen molar-refractivity contribution in [3.05, 3.63) is 101 Å². The summed E-state index contributed by atoms with van der Waals surface area (Å²) in [5, 5.41) is 0. The molecule has 1 atom stereocenters. The van der Waals surface area contributed by atoms with E-state index in [1.807, 2.05) is 30.3 Å². The van der Waals surface area contributed by atoms with E-state index in [-0.39, 0.29) is 5.56 Å². The van der Waals surface area contributed by atoms with E-state index in [2.05, 4.69) is 4.90 Å². The second kappa shape index (κ2) is 8.95. The standard InChI is InChI=1S/C24H22FN3O3/c25-19-11-9-18(10-12-19)23(30)22(28-13-5-4-8-21(28)29)24(31)27-16-14-26(15-17-27)20-6-2-1-3-7-20/h1-13,22H,14-17H2/t22-/m0/s1. The number of rotatable bonds is 5. The van der Waals surface area contributed by atoms with Crippen molar-refractivity contribution in [3.8, 4) is 0 Å². The number of Topliss-reactive ketones (excluding diaryl/α,β-unsaturated/α-hetero) is 1. The van der Waals surface area contributed by atoms with Gasteiger partial charge in [-0.15, -0.1) is 0 Å². The van der Waals surface area contributed by atoms with Crippen LogP contribution in [0.4, 0.5) is 10.1 Å². The van der Waals surface area contributed by atoms with Gasteiger partial charge in [-0.2, -0.15) is 0 Å². The predicted molar refractivity (Wildman–Crippen MR) is 116 cm³/mol. The first-order valence-electron chi connectivity index (χ1n) is 10.1. The first kappa shape index (κ1) is 20.5. The lowest BCUT2D eigenvalue weighted by Gasteiger charge is -2.37. The minimum absolute atomic E-state index is 0.179. The number of benzene rings is 2. The molecule has 1 fully saturated rings. The highest BCUT2D eigenvalue weighted by atomic mass is 19.1. The fraction of sp³-hybridized carbons (Fsp3) is 0.208. The molecule has 1 aliphatic rings. The van der Waals surface area contributed by atoms with Crippen LogP contribution in [-0.2, 0) is 4.79 Å². The van der Waals surface area contributed by atoms with Gasteiger partial charge in [0.1, 0.15) is 5.82 Å². The first-order valence-corrected chi connectivity index (χ1v) is 10.1. The summed E-state index contributed by atoms with van der Waals surface area (Å²) in [6.45, 7) is 2.11. The quantitative estimate of drug-likeness (QED) is 0.471. The van der Waals surface area contributed by atoms with Gasteiger partial charge in [-0.25, -0.2) is 4.39 Å². The van der Waals surface area contributed by atoms with Gasteiger partial charge in [-0.1, -0.05) is 24.3 Å². The molecule has 1 aromatic heterocycles. The fourth-order valence-corrected chi connectivity index (χ4v) is 3.78. The number of hydrogen-bond donors (Lipinski definition) is 0. The largest absolute Gasteiger partial charge is 0.368 e. The Balaban J connectivity index is 1.59. The molecule has 0 saturated carbocycles. The summed E-state index contributed by atoms with van der Waals surface area (Å²) >= 11 is 0. The van der Waals surface area contributed by atoms with Crippen molar-refractivity contribution in [1.29, 1.82) is 0 Å². The Hall–Kier alpha value is -3.74. The first-order chi connectivity index (χ1) is 15.0. The van der Waals surface area contributed by atoms with E-state index >= 15 is 0 Å². The van der Waals surface area contributed by atoms with Crippen LogP contribution in [0.25, 0.3) is 0 Å². The Kier molecular flexibility index (Phi) is 5.93. The van der Waals surface area contributed by atoms with Crippen molar-refractivity contribution >= 4 is 17.4 Å². The number of para-hydroxylation sites is 1. The lowest BCUT2D eigenvalue weighted by atomic mass is 10.0. The number of aromatic nitrogens is 1. The average molecular weight is 419 g/mol. The van der Waals surface area contributed by atoms with E-state index in [9.17, 15) is 18.8 Å². The number of carbonyl (C=O) groups excluding carboxylic acids is 2. The number of anilines is 1. The van der Waals surface area contributed by atoms with Gasteiger partial charge in [0.15, 0.2) is 11.8 Å². The zero-order chi connectivity index (χ0) is 21.8. The molecule has 0 bridgehead atoms. The lowest BCUT2D eigenvalue weighted by Crippen LogP contribution is -2.52. The van der Waals surface area contributed by atoms with Gasteiger partial charge in [0, 0.05) is 49.7 Å². The van der Waals surface area contributed by atoms with Gasteiger partial charge in [0.25, 0.3) is 11.5 Å². The van der Waals surface area contributed by atoms with Gasteiger partial charge >= 0.3 is 0 Å². The normalized spacial score (nSPS) is 14.9. The molecule has 0 N–H and O–H groups in total. The van der Waals surface area contributed by atoms with Crippen LogP contribution < -0.4 is 10.5 Å². The summed E-state index contributed by atoms with van der Waals surface area (Å²) in [5.41, 5.74) is 0.811. The Morgan fingerprint density at radius 1 is 0.806 bits per heavy atom. The third-order valence-corrected chi connectivity index (χ3v) is 5.45. The van der Waals surface area contributed by atoms with Crippen LogP contribution in [-0.4, -0.2) is 47.3 Å². The molecule has 4 rings (SSSR count). The monoisotopic (exact) mass is 419 g/mol. The summed E-state index contributed by atoms with van der Waals surface area (Å²) in [6.07, 6.45) is 1.44. The van der Waals surface area contributed by atoms with Crippen molar-refractivity contribution in [3.63, 3.8) is 0 Å². The summed E-state index contributed by atoms with van der Waals surface area (Å²) in [7, 11) is 0. The smallest absolute Gasteiger partial charge is 0.253 e. The Labute approximate surface area is 179 Å². The number of hydrogen-bond acceptors (Lipinski definition) is 4. The third kappa shape index (κ3) is 4.40. The van der Waals surface area contributed by atoms with Gasteiger partial charge in [0.05, 0.1) is 0 Å². The molecule has 7 heteroatoms. The number of pyridine rings is 1. The Bertz CT molecular complexity index is 1120. The second-order valence-electron chi connectivity index (χ2n) is 7.37. The molecule has 1 amide bonds. The molecule has 3 aromatic rings. The SMILES string of the molecule is O=C(c1ccc(F)cc1)[C@@H](C(=O)N1CCN(c2ccccc2)CC1)n1ccccc1=O. The maximum Gasteiger partial charge on any atom is 0.253 e. The van der Waals surface area contributed by atoms with Crippen LogP contribution >= 0.6 is 0 Å². The summed E-state index contributed by atoms with van der Waals surface area (Å²) in [4.78, 5) is 42.9. The van der Waals surface area contributed by atoms with Crippen LogP contribution in [0.15, 0.2) is 83.8 Å². The van der Waals surface area contributed by atoms with E-state index in [0.717, 1.165) is 10.3 Å². The Morgan fingerprint density at radius 2 is 1.45 bits per heavy atom. The van der Waals surface area contributed by atoms with Crippen molar-refractivity contribution < 1.29 is 14.0 Å². The molecule has 158 valence electrons. The van der Waals surface area contributed by atoms with Gasteiger partial charge < -0.3 is 9.80 Å². The summed E-state index contributed by atoms with van der Waals surface area (Å²) in [6, 6.07) is 18.1. The number of halogens is 1. The lowest BCUT2D eigenvalue weighted by molar-refractivity contribution is -0.133. The van der Waals surface area contributed by atoms with E-state index in [0.29, 0.717) is 26.2 Å². The zero-order valence-electron chi connectivity index (χ0n) is 16.9. The van der Waals surface area contributed by atoms with Crippen molar-refractivity contribution in [2.75, 3.05) is 31.1 Å². The van der Waals surface area contributed by atoms with Crippen LogP contribution in [0.2, 0.25) is 0 Å². The molecule has 0 unspecified atom stereocenters. The molecule has 31 heavy (non-hydrogen) atoms. The molecule has 1 saturated heterocycles. The summed E-state index contributed by atoms with van der Waals surface area (Å²) in [5.74, 6) is -1.45. The molecule has 0 radical (unpaired) electrons. The highest BCUT2D eigenvalue weighted by molar-refractivity contribution is 6.11. The number of ketones is 1. The van der Waals surface area contributed by atoms with Crippen LogP contribution in [0.5, 0.6) is 0 Å². The molecular weight excluding hydrogens is 397 g/mol. The van der Waals surface area contributed by atoms with Crippen LogP contribution in [0.3, 0.4) is 0 Å². The summed E-state index contributed by atoms with van der Waals surface area (Å²) < 4.78 is 14.5. The van der Waals surface area contributed by atoms with E-state index in [4.69, 9.17) is 0 Å². The highest BCUT2D eigenvalue weighted by Gasteiger charge is 2.35. The fourth-order valence-electron chi connectivity index (χ4n) is 3.78. The van der Waals surface area contributed by atoms with Crippen molar-refractivity contribution in [2.24, 2.45) is 0 Å². The van der Waals surface area contributed by atoms with Crippen molar-refractivity contribution in [1.82, 2.24) is 9.47 Å². The molecule has 2 aromatic carbocycles. The minimum Gasteiger partial charge on any atom is -0.368 e. The molecular formula is C24H22FN3O3. The molecule has 6 nitrogen and oxygen atoms in total. The van der Waals surface area contributed by atoms with Gasteiger partial charge in [-0.3, -0.25) is 19.0 Å². The molecule has 0 aliphatic carbocycles. The average Bonchev–Trinajstić information content (AvgIpc) is 2.81.